The van der Waals surface area contributed by atoms with Crippen LogP contribution in [0.1, 0.15) is 0 Å². The van der Waals surface area contributed by atoms with Crippen molar-refractivity contribution in [3.05, 3.63) is 83.7 Å². The first-order valence-electron chi connectivity index (χ1n) is 8.09. The van der Waals surface area contributed by atoms with Crippen LogP contribution in [0.3, 0.4) is 0 Å². The fourth-order valence-electron chi connectivity index (χ4n) is 2.81. The van der Waals surface area contributed by atoms with Crippen LogP contribution in [0.5, 0.6) is 5.88 Å². The summed E-state index contributed by atoms with van der Waals surface area (Å²) in [5.74, 6) is 0.562. The van der Waals surface area contributed by atoms with E-state index in [9.17, 15) is 4.79 Å². The highest BCUT2D eigenvalue weighted by Crippen LogP contribution is 2.25. The van der Waals surface area contributed by atoms with E-state index in [1.807, 2.05) is 54.6 Å². The van der Waals surface area contributed by atoms with Crippen LogP contribution in [-0.4, -0.2) is 26.6 Å². The van der Waals surface area contributed by atoms with Crippen molar-refractivity contribution in [3.63, 3.8) is 0 Å². The van der Waals surface area contributed by atoms with Crippen LogP contribution in [0.2, 0.25) is 0 Å². The zero-order valence-corrected chi connectivity index (χ0v) is 14.1. The van der Waals surface area contributed by atoms with Gasteiger partial charge in [0.05, 0.1) is 24.2 Å². The molecule has 4 aromatic rings. The number of ether oxygens (including phenoxy) is 1. The summed E-state index contributed by atoms with van der Waals surface area (Å²) in [6, 6.07) is 17.1. The van der Waals surface area contributed by atoms with Gasteiger partial charge in [0.25, 0.3) is 0 Å². The van der Waals surface area contributed by atoms with Gasteiger partial charge in [-0.1, -0.05) is 18.2 Å². The molecule has 1 N–H and O–H groups in total. The fourth-order valence-corrected chi connectivity index (χ4v) is 2.81. The molecule has 6 heteroatoms. The van der Waals surface area contributed by atoms with Crippen LogP contribution in [0.15, 0.2) is 78.0 Å². The largest absolute Gasteiger partial charge is 0.481 e. The number of imidazole rings is 1. The Bertz CT molecular complexity index is 1080. The second-order valence-electron chi connectivity index (χ2n) is 5.67. The molecule has 3 aromatic heterocycles. The molecule has 3 heterocycles. The Morgan fingerprint density at radius 3 is 2.58 bits per heavy atom. The summed E-state index contributed by atoms with van der Waals surface area (Å²) in [6.45, 7) is 0. The predicted octanol–water partition coefficient (Wildman–Crippen LogP) is 3.30. The van der Waals surface area contributed by atoms with E-state index < -0.39 is 0 Å². The molecule has 1 aromatic carbocycles. The number of H-pyrrole nitrogens is 1. The minimum absolute atomic E-state index is 0.204. The quantitative estimate of drug-likeness (QED) is 0.616. The van der Waals surface area contributed by atoms with Crippen molar-refractivity contribution in [2.75, 3.05) is 7.11 Å². The molecule has 0 fully saturated rings. The summed E-state index contributed by atoms with van der Waals surface area (Å²) < 4.78 is 6.71. The second kappa shape index (κ2) is 6.68. The van der Waals surface area contributed by atoms with Crippen molar-refractivity contribution < 1.29 is 4.74 Å². The van der Waals surface area contributed by atoms with Gasteiger partial charge < -0.3 is 9.72 Å². The molecule has 0 bridgehead atoms. The molecule has 0 radical (unpaired) electrons. The standard InChI is InChI=1S/C20H16N4O2/c1-26-19-8-7-15(12-22-19)14-9-10-21-17(11-14)18-13-23-20(25)24(18)16-5-3-2-4-6-16/h2-13H,1H3,(H,23,25). The lowest BCUT2D eigenvalue weighted by molar-refractivity contribution is 0.398. The summed E-state index contributed by atoms with van der Waals surface area (Å²) in [6.07, 6.45) is 5.15. The van der Waals surface area contributed by atoms with E-state index in [1.165, 1.54) is 0 Å². The lowest BCUT2D eigenvalue weighted by Gasteiger charge is -2.08. The van der Waals surface area contributed by atoms with Crippen molar-refractivity contribution in [2.45, 2.75) is 0 Å². The number of pyridine rings is 2. The third-order valence-corrected chi connectivity index (χ3v) is 4.09. The molecule has 0 spiro atoms. The summed E-state index contributed by atoms with van der Waals surface area (Å²) in [5.41, 5.74) is 3.87. The third kappa shape index (κ3) is 2.88. The molecule has 4 rings (SSSR count). The molecule has 0 atom stereocenters. The molecule has 0 unspecified atom stereocenters. The van der Waals surface area contributed by atoms with Crippen molar-refractivity contribution in [3.8, 4) is 34.1 Å². The first-order chi connectivity index (χ1) is 12.8. The van der Waals surface area contributed by atoms with Gasteiger partial charge in [-0.25, -0.2) is 9.78 Å². The third-order valence-electron chi connectivity index (χ3n) is 4.09. The number of nitrogens with zero attached hydrogens (tertiary/aromatic N) is 3. The van der Waals surface area contributed by atoms with E-state index in [0.29, 0.717) is 17.3 Å². The Hall–Kier alpha value is -3.67. The van der Waals surface area contributed by atoms with Crippen LogP contribution >= 0.6 is 0 Å². The zero-order valence-electron chi connectivity index (χ0n) is 14.1. The molecular formula is C20H16N4O2. The summed E-state index contributed by atoms with van der Waals surface area (Å²) in [5, 5.41) is 0. The van der Waals surface area contributed by atoms with Gasteiger partial charge in [0.2, 0.25) is 5.88 Å². The van der Waals surface area contributed by atoms with Crippen molar-refractivity contribution >= 4 is 0 Å². The Balaban J connectivity index is 1.79. The van der Waals surface area contributed by atoms with Crippen molar-refractivity contribution in [1.29, 1.82) is 0 Å². The number of hydrogen-bond acceptors (Lipinski definition) is 4. The van der Waals surface area contributed by atoms with Crippen LogP contribution in [0, 0.1) is 0 Å². The van der Waals surface area contributed by atoms with Crippen molar-refractivity contribution in [2.24, 2.45) is 0 Å². The molecule has 0 saturated carbocycles. The molecule has 0 aliphatic heterocycles. The van der Waals surface area contributed by atoms with Gasteiger partial charge in [0.15, 0.2) is 0 Å². The number of benzene rings is 1. The maximum atomic E-state index is 12.3. The van der Waals surface area contributed by atoms with Gasteiger partial charge in [0, 0.05) is 30.2 Å². The minimum atomic E-state index is -0.204. The molecular weight excluding hydrogens is 328 g/mol. The van der Waals surface area contributed by atoms with Crippen LogP contribution in [0.4, 0.5) is 0 Å². The molecule has 0 amide bonds. The van der Waals surface area contributed by atoms with E-state index in [4.69, 9.17) is 4.74 Å². The van der Waals surface area contributed by atoms with Crippen LogP contribution in [0.25, 0.3) is 28.2 Å². The zero-order chi connectivity index (χ0) is 17.9. The topological polar surface area (TPSA) is 72.8 Å². The van der Waals surface area contributed by atoms with E-state index in [0.717, 1.165) is 16.8 Å². The summed E-state index contributed by atoms with van der Waals surface area (Å²) in [7, 11) is 1.58. The Morgan fingerprint density at radius 2 is 1.85 bits per heavy atom. The second-order valence-corrected chi connectivity index (χ2v) is 5.67. The number of aromatic nitrogens is 4. The molecule has 0 aliphatic rings. The summed E-state index contributed by atoms with van der Waals surface area (Å²) in [4.78, 5) is 23.7. The maximum Gasteiger partial charge on any atom is 0.330 e. The molecule has 26 heavy (non-hydrogen) atoms. The van der Waals surface area contributed by atoms with E-state index in [2.05, 4.69) is 15.0 Å². The van der Waals surface area contributed by atoms with Crippen LogP contribution in [-0.2, 0) is 0 Å². The molecule has 128 valence electrons. The SMILES string of the molecule is COc1ccc(-c2ccnc(-c3c[nH]c(=O)n3-c3ccccc3)c2)cn1. The van der Waals surface area contributed by atoms with Gasteiger partial charge in [-0.3, -0.25) is 9.55 Å². The van der Waals surface area contributed by atoms with Gasteiger partial charge >= 0.3 is 5.69 Å². The average Bonchev–Trinajstić information content (AvgIpc) is 3.10. The van der Waals surface area contributed by atoms with E-state index in [-0.39, 0.29) is 5.69 Å². The number of hydrogen-bond donors (Lipinski definition) is 1. The lowest BCUT2D eigenvalue weighted by Crippen LogP contribution is -2.15. The van der Waals surface area contributed by atoms with Gasteiger partial charge in [-0.05, 0) is 35.9 Å². The maximum absolute atomic E-state index is 12.3. The molecule has 0 saturated heterocycles. The van der Waals surface area contributed by atoms with Gasteiger partial charge in [-0.15, -0.1) is 0 Å². The smallest absolute Gasteiger partial charge is 0.330 e. The summed E-state index contributed by atoms with van der Waals surface area (Å²) >= 11 is 0. The number of aromatic amines is 1. The highest BCUT2D eigenvalue weighted by Gasteiger charge is 2.12. The minimum Gasteiger partial charge on any atom is -0.481 e. The lowest BCUT2D eigenvalue weighted by atomic mass is 10.1. The van der Waals surface area contributed by atoms with E-state index >= 15 is 0 Å². The first-order valence-corrected chi connectivity index (χ1v) is 8.09. The van der Waals surface area contributed by atoms with Gasteiger partial charge in [-0.2, -0.15) is 0 Å². The number of nitrogens with one attached hydrogen (secondary N) is 1. The Morgan fingerprint density at radius 1 is 1.00 bits per heavy atom. The predicted molar refractivity (Wildman–Crippen MR) is 99.4 cm³/mol. The average molecular weight is 344 g/mol. The van der Waals surface area contributed by atoms with Crippen LogP contribution < -0.4 is 10.4 Å². The van der Waals surface area contributed by atoms with Gasteiger partial charge in [0.1, 0.15) is 0 Å². The van der Waals surface area contributed by atoms with E-state index in [1.54, 1.807) is 30.3 Å². The van der Waals surface area contributed by atoms with Crippen molar-refractivity contribution in [1.82, 2.24) is 19.5 Å². The molecule has 6 nitrogen and oxygen atoms in total. The highest BCUT2D eigenvalue weighted by atomic mass is 16.5. The number of rotatable bonds is 4. The fraction of sp³-hybridized carbons (Fsp3) is 0.0500. The Kier molecular flexibility index (Phi) is 4.07. The first kappa shape index (κ1) is 15.8. The normalized spacial score (nSPS) is 10.7. The monoisotopic (exact) mass is 344 g/mol. The molecule has 0 aliphatic carbocycles. The highest BCUT2D eigenvalue weighted by molar-refractivity contribution is 5.69. The number of methoxy groups -OCH3 is 1. The number of para-hydroxylation sites is 1. The Labute approximate surface area is 149 Å².